The number of nitrogens with one attached hydrogen (secondary N) is 1. The van der Waals surface area contributed by atoms with Gasteiger partial charge in [-0.2, -0.15) is 13.2 Å². The van der Waals surface area contributed by atoms with Crippen LogP contribution in [0.4, 0.5) is 13.2 Å². The predicted molar refractivity (Wildman–Crippen MR) is 67.5 cm³/mol. The molecule has 2 unspecified atom stereocenters. The highest BCUT2D eigenvalue weighted by Crippen LogP contribution is 2.41. The molecule has 108 valence electrons. The van der Waals surface area contributed by atoms with Crippen LogP contribution in [0.1, 0.15) is 33.1 Å². The topological polar surface area (TPSA) is 15.3 Å². The monoisotopic (exact) mass is 266 g/mol. The van der Waals surface area contributed by atoms with Crippen molar-refractivity contribution in [2.45, 2.75) is 45.3 Å². The zero-order chi connectivity index (χ0) is 14.0. The molecule has 0 amide bonds. The summed E-state index contributed by atoms with van der Waals surface area (Å²) in [6.45, 7) is 5.29. The zero-order valence-corrected chi connectivity index (χ0v) is 11.8. The minimum atomic E-state index is -4.05. The van der Waals surface area contributed by atoms with E-state index >= 15 is 0 Å². The van der Waals surface area contributed by atoms with Crippen LogP contribution in [0.25, 0.3) is 0 Å². The van der Waals surface area contributed by atoms with E-state index in [9.17, 15) is 13.2 Å². The van der Waals surface area contributed by atoms with Crippen LogP contribution in [0.3, 0.4) is 0 Å². The Labute approximate surface area is 108 Å². The second-order valence-electron chi connectivity index (χ2n) is 6.18. The van der Waals surface area contributed by atoms with Gasteiger partial charge in [0.1, 0.15) is 0 Å². The summed E-state index contributed by atoms with van der Waals surface area (Å²) in [6, 6.07) is 0.394. The van der Waals surface area contributed by atoms with Crippen molar-refractivity contribution in [3.8, 4) is 0 Å². The predicted octanol–water partition coefficient (Wildman–Crippen LogP) is 2.89. The minimum Gasteiger partial charge on any atom is -0.316 e. The van der Waals surface area contributed by atoms with E-state index in [4.69, 9.17) is 0 Å². The smallest absolute Gasteiger partial charge is 0.316 e. The van der Waals surface area contributed by atoms with E-state index in [1.807, 2.05) is 11.9 Å². The minimum absolute atomic E-state index is 0.0941. The van der Waals surface area contributed by atoms with E-state index in [0.717, 1.165) is 19.4 Å². The third-order valence-electron chi connectivity index (χ3n) is 4.11. The van der Waals surface area contributed by atoms with Gasteiger partial charge in [-0.15, -0.1) is 0 Å². The van der Waals surface area contributed by atoms with Crippen LogP contribution in [-0.2, 0) is 0 Å². The molecule has 1 aliphatic rings. The molecule has 1 aliphatic carbocycles. The van der Waals surface area contributed by atoms with Gasteiger partial charge in [-0.25, -0.2) is 0 Å². The van der Waals surface area contributed by atoms with E-state index in [0.29, 0.717) is 12.0 Å². The Balaban J connectivity index is 2.43. The van der Waals surface area contributed by atoms with Gasteiger partial charge in [0.15, 0.2) is 0 Å². The highest BCUT2D eigenvalue weighted by molar-refractivity contribution is 4.96. The summed E-state index contributed by atoms with van der Waals surface area (Å²) in [4.78, 5) is 1.81. The second kappa shape index (κ2) is 5.78. The lowest BCUT2D eigenvalue weighted by Crippen LogP contribution is -2.43. The number of hydrogen-bond acceptors (Lipinski definition) is 2. The zero-order valence-electron chi connectivity index (χ0n) is 11.8. The van der Waals surface area contributed by atoms with E-state index in [1.54, 1.807) is 7.05 Å². The maximum absolute atomic E-state index is 12.2. The maximum atomic E-state index is 12.2. The van der Waals surface area contributed by atoms with Crippen molar-refractivity contribution in [1.82, 2.24) is 10.2 Å². The summed E-state index contributed by atoms with van der Waals surface area (Å²) in [5.74, 6) is 0.447. The van der Waals surface area contributed by atoms with Gasteiger partial charge in [-0.1, -0.05) is 13.8 Å². The van der Waals surface area contributed by atoms with Crippen LogP contribution in [0, 0.1) is 11.3 Å². The summed E-state index contributed by atoms with van der Waals surface area (Å²) in [5, 5.41) is 3.33. The fourth-order valence-electron chi connectivity index (χ4n) is 3.15. The Morgan fingerprint density at radius 1 is 1.33 bits per heavy atom. The first-order valence-electron chi connectivity index (χ1n) is 6.58. The number of rotatable bonds is 5. The SMILES string of the molecule is CNC1C(CN(C)CCC(F)(F)F)CCC1(C)C. The van der Waals surface area contributed by atoms with Gasteiger partial charge >= 0.3 is 6.18 Å². The average molecular weight is 266 g/mol. The van der Waals surface area contributed by atoms with Crippen molar-refractivity contribution >= 4 is 0 Å². The fraction of sp³-hybridized carbons (Fsp3) is 1.00. The first-order valence-corrected chi connectivity index (χ1v) is 6.58. The molecule has 2 atom stereocenters. The van der Waals surface area contributed by atoms with Gasteiger partial charge in [-0.05, 0) is 38.3 Å². The third kappa shape index (κ3) is 4.43. The van der Waals surface area contributed by atoms with Crippen molar-refractivity contribution in [1.29, 1.82) is 0 Å². The summed E-state index contributed by atoms with van der Waals surface area (Å²) >= 11 is 0. The van der Waals surface area contributed by atoms with Crippen LogP contribution in [0.15, 0.2) is 0 Å². The largest absolute Gasteiger partial charge is 0.390 e. The Hall–Kier alpha value is -0.290. The quantitative estimate of drug-likeness (QED) is 0.823. The van der Waals surface area contributed by atoms with Crippen LogP contribution >= 0.6 is 0 Å². The second-order valence-corrected chi connectivity index (χ2v) is 6.18. The normalized spacial score (nSPS) is 28.0. The molecule has 18 heavy (non-hydrogen) atoms. The molecule has 0 spiro atoms. The lowest BCUT2D eigenvalue weighted by atomic mass is 9.85. The Kier molecular flexibility index (Phi) is 5.06. The molecular weight excluding hydrogens is 241 g/mol. The highest BCUT2D eigenvalue weighted by atomic mass is 19.4. The summed E-state index contributed by atoms with van der Waals surface area (Å²) < 4.78 is 36.5. The highest BCUT2D eigenvalue weighted by Gasteiger charge is 2.41. The molecule has 1 N–H and O–H groups in total. The first kappa shape index (κ1) is 15.8. The molecule has 0 aliphatic heterocycles. The van der Waals surface area contributed by atoms with E-state index in [-0.39, 0.29) is 12.0 Å². The van der Waals surface area contributed by atoms with Gasteiger partial charge < -0.3 is 10.2 Å². The summed E-state index contributed by atoms with van der Waals surface area (Å²) in [7, 11) is 3.73. The Morgan fingerprint density at radius 2 is 1.94 bits per heavy atom. The average Bonchev–Trinajstić information content (AvgIpc) is 2.49. The fourth-order valence-corrected chi connectivity index (χ4v) is 3.15. The number of hydrogen-bond donors (Lipinski definition) is 1. The van der Waals surface area contributed by atoms with E-state index in [1.165, 1.54) is 0 Å². The number of nitrogens with zero attached hydrogens (tertiary/aromatic N) is 1. The van der Waals surface area contributed by atoms with Gasteiger partial charge in [0.25, 0.3) is 0 Å². The molecule has 2 nitrogen and oxygen atoms in total. The van der Waals surface area contributed by atoms with Gasteiger partial charge in [0, 0.05) is 19.1 Å². The van der Waals surface area contributed by atoms with Crippen molar-refractivity contribution in [2.75, 3.05) is 27.2 Å². The van der Waals surface area contributed by atoms with Crippen LogP contribution in [0.5, 0.6) is 0 Å². The molecule has 0 bridgehead atoms. The lowest BCUT2D eigenvalue weighted by molar-refractivity contribution is -0.137. The molecule has 0 heterocycles. The molecule has 0 saturated heterocycles. The molecule has 5 heteroatoms. The summed E-state index contributed by atoms with van der Waals surface area (Å²) in [5.41, 5.74) is 0.240. The van der Waals surface area contributed by atoms with Crippen LogP contribution in [-0.4, -0.2) is 44.3 Å². The van der Waals surface area contributed by atoms with Gasteiger partial charge in [0.2, 0.25) is 0 Å². The molecule has 1 saturated carbocycles. The van der Waals surface area contributed by atoms with E-state index in [2.05, 4.69) is 19.2 Å². The molecular formula is C13H25F3N2. The molecule has 0 aromatic heterocycles. The Bertz CT molecular complexity index is 263. The van der Waals surface area contributed by atoms with E-state index < -0.39 is 12.6 Å². The molecule has 1 rings (SSSR count). The van der Waals surface area contributed by atoms with Gasteiger partial charge in [-0.3, -0.25) is 0 Å². The lowest BCUT2D eigenvalue weighted by Gasteiger charge is -2.32. The Morgan fingerprint density at radius 3 is 2.44 bits per heavy atom. The number of alkyl halides is 3. The number of halogens is 3. The van der Waals surface area contributed by atoms with Gasteiger partial charge in [0.05, 0.1) is 6.42 Å². The molecule has 1 fully saturated rings. The maximum Gasteiger partial charge on any atom is 0.390 e. The van der Waals surface area contributed by atoms with Crippen molar-refractivity contribution in [3.63, 3.8) is 0 Å². The third-order valence-corrected chi connectivity index (χ3v) is 4.11. The molecule has 0 radical (unpaired) electrons. The first-order chi connectivity index (χ1) is 8.15. The van der Waals surface area contributed by atoms with Crippen LogP contribution in [0.2, 0.25) is 0 Å². The van der Waals surface area contributed by atoms with Crippen LogP contribution < -0.4 is 5.32 Å². The summed E-state index contributed by atoms with van der Waals surface area (Å²) in [6.07, 6.45) is -2.54. The standard InChI is InChI=1S/C13H25F3N2/c1-12(2)6-5-10(11(12)17-3)9-18(4)8-7-13(14,15)16/h10-11,17H,5-9H2,1-4H3. The molecule has 0 aromatic carbocycles. The van der Waals surface area contributed by atoms with Crippen molar-refractivity contribution in [3.05, 3.63) is 0 Å². The van der Waals surface area contributed by atoms with Crippen molar-refractivity contribution < 1.29 is 13.2 Å². The molecule has 0 aromatic rings. The van der Waals surface area contributed by atoms with Crippen molar-refractivity contribution in [2.24, 2.45) is 11.3 Å².